The maximum atomic E-state index is 7.40. The largest absolute Gasteiger partial charge is 0.387 e. The summed E-state index contributed by atoms with van der Waals surface area (Å²) in [6.45, 7) is 0. The minimum absolute atomic E-state index is 0.197. The van der Waals surface area contributed by atoms with Gasteiger partial charge in [-0.1, -0.05) is 6.07 Å². The Morgan fingerprint density at radius 2 is 2.31 bits per heavy atom. The number of fused-ring (bicyclic) bond motifs is 1. The van der Waals surface area contributed by atoms with Crippen LogP contribution < -0.4 is 5.73 Å². The average molecular weight is 214 g/mol. The number of imidazole rings is 1. The third-order valence-electron chi connectivity index (χ3n) is 2.97. The molecule has 3 rings (SSSR count). The van der Waals surface area contributed by atoms with Crippen molar-refractivity contribution in [1.29, 1.82) is 5.41 Å². The van der Waals surface area contributed by atoms with Crippen molar-refractivity contribution in [3.63, 3.8) is 0 Å². The van der Waals surface area contributed by atoms with E-state index in [1.54, 1.807) is 0 Å². The van der Waals surface area contributed by atoms with Crippen molar-refractivity contribution in [3.05, 3.63) is 35.9 Å². The lowest BCUT2D eigenvalue weighted by atomic mass is 10.2. The Bertz CT molecular complexity index is 551. The molecule has 2 aromatic rings. The minimum Gasteiger partial charge on any atom is -0.387 e. The number of pyridine rings is 1. The summed E-state index contributed by atoms with van der Waals surface area (Å²) in [5, 5.41) is 7.40. The zero-order valence-electron chi connectivity index (χ0n) is 8.98. The van der Waals surface area contributed by atoms with Crippen LogP contribution in [0.5, 0.6) is 0 Å². The van der Waals surface area contributed by atoms with E-state index in [1.807, 2.05) is 24.4 Å². The van der Waals surface area contributed by atoms with E-state index in [0.717, 1.165) is 17.0 Å². The van der Waals surface area contributed by atoms with E-state index in [2.05, 4.69) is 9.38 Å². The predicted octanol–water partition coefficient (Wildman–Crippen LogP) is 1.69. The Kier molecular flexibility index (Phi) is 1.96. The van der Waals surface area contributed by atoms with Crippen molar-refractivity contribution in [2.24, 2.45) is 5.73 Å². The van der Waals surface area contributed by atoms with Gasteiger partial charge < -0.3 is 10.1 Å². The molecule has 2 aromatic heterocycles. The SMILES string of the molecule is N=C(N)Cc1cccc2cnc(C3CC3)n12. The fourth-order valence-corrected chi connectivity index (χ4v) is 2.11. The Morgan fingerprint density at radius 1 is 1.50 bits per heavy atom. The first-order valence-corrected chi connectivity index (χ1v) is 5.54. The van der Waals surface area contributed by atoms with Gasteiger partial charge in [0.05, 0.1) is 17.5 Å². The minimum atomic E-state index is 0.197. The highest BCUT2D eigenvalue weighted by Crippen LogP contribution is 2.39. The number of amidine groups is 1. The van der Waals surface area contributed by atoms with E-state index in [1.165, 1.54) is 12.8 Å². The second-order valence-corrected chi connectivity index (χ2v) is 4.37. The Morgan fingerprint density at radius 3 is 3.00 bits per heavy atom. The van der Waals surface area contributed by atoms with E-state index < -0.39 is 0 Å². The van der Waals surface area contributed by atoms with Crippen molar-refractivity contribution in [2.45, 2.75) is 25.2 Å². The van der Waals surface area contributed by atoms with E-state index in [9.17, 15) is 0 Å². The molecule has 0 atom stereocenters. The first-order chi connectivity index (χ1) is 7.75. The number of nitrogens with two attached hydrogens (primary N) is 1. The van der Waals surface area contributed by atoms with Crippen LogP contribution in [-0.4, -0.2) is 15.2 Å². The predicted molar refractivity (Wildman–Crippen MR) is 62.8 cm³/mol. The van der Waals surface area contributed by atoms with Crippen LogP contribution in [0.15, 0.2) is 24.4 Å². The zero-order valence-corrected chi connectivity index (χ0v) is 8.98. The van der Waals surface area contributed by atoms with Gasteiger partial charge in [-0.25, -0.2) is 4.98 Å². The van der Waals surface area contributed by atoms with Crippen molar-refractivity contribution in [1.82, 2.24) is 9.38 Å². The van der Waals surface area contributed by atoms with Gasteiger partial charge in [-0.2, -0.15) is 0 Å². The molecular formula is C12H14N4. The zero-order chi connectivity index (χ0) is 11.1. The lowest BCUT2D eigenvalue weighted by molar-refractivity contribution is 0.885. The van der Waals surface area contributed by atoms with Crippen LogP contribution in [0.4, 0.5) is 0 Å². The van der Waals surface area contributed by atoms with Gasteiger partial charge >= 0.3 is 0 Å². The van der Waals surface area contributed by atoms with Crippen LogP contribution in [0.25, 0.3) is 5.52 Å². The molecule has 0 aliphatic heterocycles. The summed E-state index contributed by atoms with van der Waals surface area (Å²) in [7, 11) is 0. The van der Waals surface area contributed by atoms with Gasteiger partial charge in [0.1, 0.15) is 5.82 Å². The Balaban J connectivity index is 2.17. The lowest BCUT2D eigenvalue weighted by Crippen LogP contribution is -2.15. The van der Waals surface area contributed by atoms with Crippen molar-refractivity contribution in [2.75, 3.05) is 0 Å². The summed E-state index contributed by atoms with van der Waals surface area (Å²) in [5.74, 6) is 1.94. The molecule has 0 aromatic carbocycles. The van der Waals surface area contributed by atoms with Gasteiger partial charge in [-0.05, 0) is 25.0 Å². The molecule has 0 radical (unpaired) electrons. The summed E-state index contributed by atoms with van der Waals surface area (Å²) < 4.78 is 2.15. The molecular weight excluding hydrogens is 200 g/mol. The van der Waals surface area contributed by atoms with E-state index in [-0.39, 0.29) is 5.84 Å². The standard InChI is InChI=1S/C12H14N4/c13-11(14)6-9-2-1-3-10-7-15-12(16(9)10)8-4-5-8/h1-3,7-8H,4-6H2,(H3,13,14). The van der Waals surface area contributed by atoms with Crippen LogP contribution in [0.1, 0.15) is 30.3 Å². The molecule has 82 valence electrons. The highest BCUT2D eigenvalue weighted by Gasteiger charge is 2.28. The smallest absolute Gasteiger partial charge is 0.116 e. The molecule has 0 bridgehead atoms. The Hall–Kier alpha value is -1.84. The second-order valence-electron chi connectivity index (χ2n) is 4.37. The summed E-state index contributed by atoms with van der Waals surface area (Å²) in [6.07, 6.45) is 4.85. The molecule has 16 heavy (non-hydrogen) atoms. The number of hydrogen-bond donors (Lipinski definition) is 2. The van der Waals surface area contributed by atoms with Crippen LogP contribution in [0.3, 0.4) is 0 Å². The van der Waals surface area contributed by atoms with Gasteiger partial charge in [0, 0.05) is 18.0 Å². The van der Waals surface area contributed by atoms with E-state index in [0.29, 0.717) is 12.3 Å². The number of aromatic nitrogens is 2. The van der Waals surface area contributed by atoms with Gasteiger partial charge in [-0.3, -0.25) is 5.41 Å². The van der Waals surface area contributed by atoms with Gasteiger partial charge in [-0.15, -0.1) is 0 Å². The van der Waals surface area contributed by atoms with Gasteiger partial charge in [0.2, 0.25) is 0 Å². The van der Waals surface area contributed by atoms with Gasteiger partial charge in [0.15, 0.2) is 0 Å². The molecule has 0 unspecified atom stereocenters. The molecule has 4 heteroatoms. The molecule has 0 amide bonds. The van der Waals surface area contributed by atoms with Crippen LogP contribution >= 0.6 is 0 Å². The molecule has 0 saturated heterocycles. The van der Waals surface area contributed by atoms with Crippen molar-refractivity contribution in [3.8, 4) is 0 Å². The first-order valence-electron chi connectivity index (χ1n) is 5.54. The fourth-order valence-electron chi connectivity index (χ4n) is 2.11. The third-order valence-corrected chi connectivity index (χ3v) is 2.97. The maximum Gasteiger partial charge on any atom is 0.116 e. The number of hydrogen-bond acceptors (Lipinski definition) is 2. The molecule has 1 aliphatic carbocycles. The topological polar surface area (TPSA) is 67.2 Å². The molecule has 1 aliphatic rings. The van der Waals surface area contributed by atoms with E-state index >= 15 is 0 Å². The number of nitrogens with one attached hydrogen (secondary N) is 1. The number of rotatable bonds is 3. The Labute approximate surface area is 93.6 Å². The molecule has 0 spiro atoms. The highest BCUT2D eigenvalue weighted by atomic mass is 15.0. The van der Waals surface area contributed by atoms with Gasteiger partial charge in [0.25, 0.3) is 0 Å². The molecule has 1 saturated carbocycles. The number of nitrogens with zero attached hydrogens (tertiary/aromatic N) is 2. The monoisotopic (exact) mass is 214 g/mol. The average Bonchev–Trinajstić information content (AvgIpc) is 2.98. The van der Waals surface area contributed by atoms with E-state index in [4.69, 9.17) is 11.1 Å². The molecule has 4 nitrogen and oxygen atoms in total. The molecule has 1 fully saturated rings. The maximum absolute atomic E-state index is 7.40. The summed E-state index contributed by atoms with van der Waals surface area (Å²) in [4.78, 5) is 4.48. The van der Waals surface area contributed by atoms with Crippen LogP contribution in [0, 0.1) is 5.41 Å². The lowest BCUT2D eigenvalue weighted by Gasteiger charge is -2.07. The third kappa shape index (κ3) is 1.46. The molecule has 2 heterocycles. The second kappa shape index (κ2) is 3.33. The quantitative estimate of drug-likeness (QED) is 0.603. The highest BCUT2D eigenvalue weighted by molar-refractivity contribution is 5.79. The van der Waals surface area contributed by atoms with Crippen LogP contribution in [0.2, 0.25) is 0 Å². The molecule has 3 N–H and O–H groups in total. The van der Waals surface area contributed by atoms with Crippen LogP contribution in [-0.2, 0) is 6.42 Å². The normalized spacial score (nSPS) is 15.5. The first kappa shape index (κ1) is 9.39. The van der Waals surface area contributed by atoms with Crippen molar-refractivity contribution < 1.29 is 0 Å². The summed E-state index contributed by atoms with van der Waals surface area (Å²) in [6, 6.07) is 6.05. The summed E-state index contributed by atoms with van der Waals surface area (Å²) >= 11 is 0. The fraction of sp³-hybridized carbons (Fsp3) is 0.333. The van der Waals surface area contributed by atoms with Crippen molar-refractivity contribution >= 4 is 11.4 Å². The summed E-state index contributed by atoms with van der Waals surface area (Å²) in [5.41, 5.74) is 7.63.